The van der Waals surface area contributed by atoms with Crippen LogP contribution in [0, 0.1) is 5.82 Å². The molecule has 1 aliphatic heterocycles. The van der Waals surface area contributed by atoms with Gasteiger partial charge in [0.25, 0.3) is 5.91 Å². The van der Waals surface area contributed by atoms with E-state index in [-0.39, 0.29) is 30.2 Å². The highest BCUT2D eigenvalue weighted by Crippen LogP contribution is 2.22. The highest BCUT2D eigenvalue weighted by Gasteiger charge is 2.30. The predicted molar refractivity (Wildman–Crippen MR) is 91.7 cm³/mol. The van der Waals surface area contributed by atoms with E-state index < -0.39 is 6.10 Å². The fraction of sp³-hybridized carbons (Fsp3) is 0.471. The number of rotatable bonds is 6. The molecule has 0 bridgehead atoms. The molecule has 3 rings (SSSR count). The number of amides is 2. The van der Waals surface area contributed by atoms with Crippen molar-refractivity contribution in [2.45, 2.75) is 31.5 Å². The van der Waals surface area contributed by atoms with Crippen molar-refractivity contribution in [1.82, 2.24) is 30.4 Å². The summed E-state index contributed by atoms with van der Waals surface area (Å²) in [4.78, 5) is 27.8. The first-order chi connectivity index (χ1) is 13.1. The number of ether oxygens (including phenoxy) is 1. The van der Waals surface area contributed by atoms with E-state index in [1.807, 2.05) is 0 Å². The zero-order valence-electron chi connectivity index (χ0n) is 14.9. The normalized spacial score (nSPS) is 18.1. The summed E-state index contributed by atoms with van der Waals surface area (Å²) in [6, 6.07) is 5.51. The molecular weight excluding hydrogens is 355 g/mol. The Labute approximate surface area is 155 Å². The average molecular weight is 376 g/mol. The molecule has 1 unspecified atom stereocenters. The van der Waals surface area contributed by atoms with Gasteiger partial charge >= 0.3 is 0 Å². The van der Waals surface area contributed by atoms with Crippen LogP contribution >= 0.6 is 0 Å². The second kappa shape index (κ2) is 8.67. The minimum absolute atomic E-state index is 0.0271. The number of halogens is 1. The number of hydrogen-bond acceptors (Lipinski definition) is 6. The maximum absolute atomic E-state index is 13.1. The van der Waals surface area contributed by atoms with E-state index in [0.29, 0.717) is 18.7 Å². The Kier molecular flexibility index (Phi) is 6.07. The van der Waals surface area contributed by atoms with Crippen molar-refractivity contribution in [2.24, 2.45) is 0 Å². The minimum atomic E-state index is -0.806. The van der Waals surface area contributed by atoms with Crippen LogP contribution in [0.2, 0.25) is 0 Å². The molecule has 27 heavy (non-hydrogen) atoms. The molecule has 2 aromatic rings. The van der Waals surface area contributed by atoms with E-state index in [9.17, 15) is 14.0 Å². The van der Waals surface area contributed by atoms with Crippen LogP contribution in [0.1, 0.15) is 24.5 Å². The molecule has 0 saturated carbocycles. The SMILES string of the molecule is COC(C(=O)N1CCC[C@@H](NC(=O)Cn2ncnn2)C1)c1ccc(F)cc1. The van der Waals surface area contributed by atoms with E-state index in [2.05, 4.69) is 20.7 Å². The van der Waals surface area contributed by atoms with Crippen LogP contribution in [0.3, 0.4) is 0 Å². The van der Waals surface area contributed by atoms with Gasteiger partial charge in [-0.2, -0.15) is 4.80 Å². The van der Waals surface area contributed by atoms with E-state index in [1.165, 1.54) is 42.5 Å². The van der Waals surface area contributed by atoms with Crippen LogP contribution in [0.15, 0.2) is 30.6 Å². The second-order valence-corrected chi connectivity index (χ2v) is 6.32. The molecule has 1 aromatic carbocycles. The first kappa shape index (κ1) is 18.9. The van der Waals surface area contributed by atoms with Gasteiger partial charge in [-0.05, 0) is 35.8 Å². The monoisotopic (exact) mass is 376 g/mol. The fourth-order valence-corrected chi connectivity index (χ4v) is 3.14. The molecule has 2 heterocycles. The fourth-order valence-electron chi connectivity index (χ4n) is 3.14. The molecule has 0 aliphatic carbocycles. The van der Waals surface area contributed by atoms with Crippen molar-refractivity contribution in [2.75, 3.05) is 20.2 Å². The second-order valence-electron chi connectivity index (χ2n) is 6.32. The first-order valence-corrected chi connectivity index (χ1v) is 8.64. The van der Waals surface area contributed by atoms with Gasteiger partial charge in [0.05, 0.1) is 0 Å². The van der Waals surface area contributed by atoms with Crippen LogP contribution in [0.25, 0.3) is 0 Å². The maximum Gasteiger partial charge on any atom is 0.256 e. The number of nitrogens with zero attached hydrogens (tertiary/aromatic N) is 5. The molecular formula is C17H21FN6O3. The quantitative estimate of drug-likeness (QED) is 0.778. The predicted octanol–water partition coefficient (Wildman–Crippen LogP) is 0.307. The Balaban J connectivity index is 1.59. The number of methoxy groups -OCH3 is 1. The van der Waals surface area contributed by atoms with Crippen molar-refractivity contribution >= 4 is 11.8 Å². The lowest BCUT2D eigenvalue weighted by atomic mass is 10.0. The zero-order valence-corrected chi connectivity index (χ0v) is 14.9. The van der Waals surface area contributed by atoms with Gasteiger partial charge in [-0.1, -0.05) is 12.1 Å². The summed E-state index contributed by atoms with van der Waals surface area (Å²) in [5, 5.41) is 13.9. The molecule has 0 radical (unpaired) electrons. The van der Waals surface area contributed by atoms with Crippen LogP contribution in [0.5, 0.6) is 0 Å². The van der Waals surface area contributed by atoms with Gasteiger partial charge in [-0.3, -0.25) is 9.59 Å². The molecule has 0 spiro atoms. The van der Waals surface area contributed by atoms with Crippen molar-refractivity contribution in [3.05, 3.63) is 42.0 Å². The first-order valence-electron chi connectivity index (χ1n) is 8.64. The van der Waals surface area contributed by atoms with Crippen LogP contribution in [-0.2, 0) is 20.9 Å². The highest BCUT2D eigenvalue weighted by molar-refractivity contribution is 5.82. The molecule has 2 amide bonds. The third-order valence-corrected chi connectivity index (χ3v) is 4.41. The number of piperidine rings is 1. The Morgan fingerprint density at radius 1 is 1.37 bits per heavy atom. The van der Waals surface area contributed by atoms with E-state index >= 15 is 0 Å². The van der Waals surface area contributed by atoms with Gasteiger partial charge in [0.15, 0.2) is 12.4 Å². The summed E-state index contributed by atoms with van der Waals surface area (Å²) in [6.07, 6.45) is 1.99. The van der Waals surface area contributed by atoms with Gasteiger partial charge in [0, 0.05) is 26.2 Å². The number of likely N-dealkylation sites (tertiary alicyclic amines) is 1. The number of aromatic nitrogens is 4. The molecule has 1 fully saturated rings. The summed E-state index contributed by atoms with van der Waals surface area (Å²) in [6.45, 7) is 0.939. The van der Waals surface area contributed by atoms with Gasteiger partial charge in [0.1, 0.15) is 12.4 Å². The number of carbonyl (C=O) groups excluding carboxylic acids is 2. The van der Waals surface area contributed by atoms with Crippen molar-refractivity contribution in [3.8, 4) is 0 Å². The molecule has 9 nitrogen and oxygen atoms in total. The minimum Gasteiger partial charge on any atom is -0.367 e. The summed E-state index contributed by atoms with van der Waals surface area (Å²) in [5.74, 6) is -0.821. The number of carbonyl (C=O) groups is 2. The summed E-state index contributed by atoms with van der Waals surface area (Å²) in [5.41, 5.74) is 0.590. The van der Waals surface area contributed by atoms with Crippen molar-refractivity contribution < 1.29 is 18.7 Å². The lowest BCUT2D eigenvalue weighted by Gasteiger charge is -2.35. The Morgan fingerprint density at radius 3 is 2.81 bits per heavy atom. The third kappa shape index (κ3) is 4.85. The zero-order chi connectivity index (χ0) is 19.2. The number of tetrazole rings is 1. The van der Waals surface area contributed by atoms with Crippen LogP contribution in [0.4, 0.5) is 4.39 Å². The molecule has 1 N–H and O–H groups in total. The van der Waals surface area contributed by atoms with Crippen LogP contribution < -0.4 is 5.32 Å². The van der Waals surface area contributed by atoms with E-state index in [0.717, 1.165) is 12.8 Å². The largest absolute Gasteiger partial charge is 0.367 e. The van der Waals surface area contributed by atoms with E-state index in [4.69, 9.17) is 4.74 Å². The molecule has 1 aromatic heterocycles. The Morgan fingerprint density at radius 2 is 2.15 bits per heavy atom. The smallest absolute Gasteiger partial charge is 0.256 e. The van der Waals surface area contributed by atoms with Gasteiger partial charge in [-0.25, -0.2) is 4.39 Å². The van der Waals surface area contributed by atoms with Crippen molar-refractivity contribution in [3.63, 3.8) is 0 Å². The maximum atomic E-state index is 13.1. The Bertz CT molecular complexity index is 767. The number of benzene rings is 1. The van der Waals surface area contributed by atoms with Gasteiger partial charge < -0.3 is 15.0 Å². The van der Waals surface area contributed by atoms with Gasteiger partial charge in [0.2, 0.25) is 5.91 Å². The molecule has 144 valence electrons. The Hall–Kier alpha value is -2.88. The van der Waals surface area contributed by atoms with Crippen molar-refractivity contribution in [1.29, 1.82) is 0 Å². The summed E-state index contributed by atoms with van der Waals surface area (Å²) >= 11 is 0. The van der Waals surface area contributed by atoms with E-state index in [1.54, 1.807) is 4.90 Å². The molecule has 1 saturated heterocycles. The number of nitrogens with one attached hydrogen (secondary N) is 1. The molecule has 2 atom stereocenters. The summed E-state index contributed by atoms with van der Waals surface area (Å²) < 4.78 is 18.5. The van der Waals surface area contributed by atoms with Gasteiger partial charge in [-0.15, -0.1) is 10.2 Å². The topological polar surface area (TPSA) is 102 Å². The third-order valence-electron chi connectivity index (χ3n) is 4.41. The summed E-state index contributed by atoms with van der Waals surface area (Å²) in [7, 11) is 1.44. The molecule has 10 heteroatoms. The highest BCUT2D eigenvalue weighted by atomic mass is 19.1. The molecule has 1 aliphatic rings. The lowest BCUT2D eigenvalue weighted by Crippen LogP contribution is -2.51. The lowest BCUT2D eigenvalue weighted by molar-refractivity contribution is -0.144. The standard InChI is InChI=1S/C17H21FN6O3/c1-27-16(12-4-6-13(18)7-5-12)17(26)23-8-2-3-14(9-23)21-15(25)10-24-20-11-19-22-24/h4-7,11,14,16H,2-3,8-10H2,1H3,(H,21,25)/t14-,16?/m1/s1. The average Bonchev–Trinajstić information content (AvgIpc) is 3.16. The number of hydrogen-bond donors (Lipinski definition) is 1. The van der Waals surface area contributed by atoms with Crippen LogP contribution in [-0.4, -0.2) is 63.2 Å².